The van der Waals surface area contributed by atoms with Crippen molar-refractivity contribution < 1.29 is 27.8 Å². The molecule has 1 aliphatic rings. The van der Waals surface area contributed by atoms with Crippen molar-refractivity contribution in [2.75, 3.05) is 7.11 Å². The average Bonchev–Trinajstić information content (AvgIpc) is 3.02. The van der Waals surface area contributed by atoms with Crippen molar-refractivity contribution in [3.05, 3.63) is 29.1 Å². The van der Waals surface area contributed by atoms with Gasteiger partial charge in [-0.2, -0.15) is 0 Å². The van der Waals surface area contributed by atoms with E-state index in [9.17, 15) is 18.0 Å². The second kappa shape index (κ2) is 4.19. The molecule has 0 spiro atoms. The Morgan fingerprint density at radius 1 is 1.39 bits per heavy atom. The number of halogens is 3. The summed E-state index contributed by atoms with van der Waals surface area (Å²) < 4.78 is 45.3. The molecule has 0 amide bonds. The molecule has 1 saturated carbocycles. The molecule has 0 aliphatic heterocycles. The van der Waals surface area contributed by atoms with E-state index in [0.717, 1.165) is 7.11 Å². The van der Waals surface area contributed by atoms with Crippen LogP contribution in [-0.2, 0) is 10.2 Å². The predicted molar refractivity (Wildman–Crippen MR) is 56.0 cm³/mol. The highest BCUT2D eigenvalue weighted by Gasteiger charge is 2.50. The normalized spacial score (nSPS) is 16.4. The molecule has 18 heavy (non-hydrogen) atoms. The van der Waals surface area contributed by atoms with Crippen molar-refractivity contribution in [3.63, 3.8) is 0 Å². The van der Waals surface area contributed by atoms with Gasteiger partial charge in [0, 0.05) is 17.0 Å². The van der Waals surface area contributed by atoms with Gasteiger partial charge in [-0.15, -0.1) is 0 Å². The molecule has 1 aromatic rings. The Hall–Kier alpha value is -1.72. The van der Waals surface area contributed by atoms with Gasteiger partial charge < -0.3 is 9.84 Å². The molecular formula is C12H11F3O3. The number of benzene rings is 1. The van der Waals surface area contributed by atoms with Gasteiger partial charge in [0.05, 0.1) is 13.5 Å². The van der Waals surface area contributed by atoms with E-state index in [4.69, 9.17) is 9.84 Å². The molecule has 1 aromatic carbocycles. The Balaban J connectivity index is 2.59. The standard InChI is InChI=1S/C12H11F3O3/c1-18-11-7(14)4-6(13)10(15)9(11)12(2-3-12)5-8(16)17/h4H,2-3,5H2,1H3,(H,16,17). The van der Waals surface area contributed by atoms with Gasteiger partial charge in [0.15, 0.2) is 23.2 Å². The van der Waals surface area contributed by atoms with Crippen LogP contribution in [0.2, 0.25) is 0 Å². The highest BCUT2D eigenvalue weighted by atomic mass is 19.2. The summed E-state index contributed by atoms with van der Waals surface area (Å²) in [6.45, 7) is 0. The molecule has 0 unspecified atom stereocenters. The molecule has 2 rings (SSSR count). The van der Waals surface area contributed by atoms with E-state index in [2.05, 4.69) is 0 Å². The van der Waals surface area contributed by atoms with Gasteiger partial charge in [-0.1, -0.05) is 0 Å². The molecule has 3 nitrogen and oxygen atoms in total. The molecule has 1 N–H and O–H groups in total. The van der Waals surface area contributed by atoms with Crippen molar-refractivity contribution in [1.29, 1.82) is 0 Å². The summed E-state index contributed by atoms with van der Waals surface area (Å²) in [5.41, 5.74) is -1.35. The zero-order valence-corrected chi connectivity index (χ0v) is 9.60. The summed E-state index contributed by atoms with van der Waals surface area (Å²) in [6.07, 6.45) is 0.369. The number of hydrogen-bond acceptors (Lipinski definition) is 2. The van der Waals surface area contributed by atoms with Gasteiger partial charge >= 0.3 is 5.97 Å². The van der Waals surface area contributed by atoms with Crippen LogP contribution in [-0.4, -0.2) is 18.2 Å². The SMILES string of the molecule is COc1c(F)cc(F)c(F)c1C1(CC(=O)O)CC1. The summed E-state index contributed by atoms with van der Waals surface area (Å²) >= 11 is 0. The van der Waals surface area contributed by atoms with E-state index in [0.29, 0.717) is 18.9 Å². The summed E-state index contributed by atoms with van der Waals surface area (Å²) in [5, 5.41) is 8.79. The van der Waals surface area contributed by atoms with Crippen LogP contribution in [0.15, 0.2) is 6.07 Å². The number of methoxy groups -OCH3 is 1. The van der Waals surface area contributed by atoms with Crippen molar-refractivity contribution >= 4 is 5.97 Å². The van der Waals surface area contributed by atoms with Crippen LogP contribution in [0.25, 0.3) is 0 Å². The maximum absolute atomic E-state index is 13.8. The maximum Gasteiger partial charge on any atom is 0.304 e. The second-order valence-corrected chi connectivity index (χ2v) is 4.41. The first-order valence-electron chi connectivity index (χ1n) is 5.35. The van der Waals surface area contributed by atoms with Crippen LogP contribution < -0.4 is 4.74 Å². The summed E-state index contributed by atoms with van der Waals surface area (Å²) in [4.78, 5) is 10.8. The van der Waals surface area contributed by atoms with Crippen molar-refractivity contribution in [2.24, 2.45) is 0 Å². The molecule has 0 saturated heterocycles. The third-order valence-corrected chi connectivity index (χ3v) is 3.20. The lowest BCUT2D eigenvalue weighted by atomic mass is 9.90. The molecule has 0 aromatic heterocycles. The lowest BCUT2D eigenvalue weighted by molar-refractivity contribution is -0.137. The topological polar surface area (TPSA) is 46.5 Å². The Bertz CT molecular complexity index is 510. The fourth-order valence-electron chi connectivity index (χ4n) is 2.21. The smallest absolute Gasteiger partial charge is 0.304 e. The molecule has 1 aliphatic carbocycles. The molecular weight excluding hydrogens is 249 g/mol. The lowest BCUT2D eigenvalue weighted by Gasteiger charge is -2.18. The van der Waals surface area contributed by atoms with E-state index < -0.39 is 34.6 Å². The van der Waals surface area contributed by atoms with E-state index in [1.807, 2.05) is 0 Å². The first-order chi connectivity index (χ1) is 8.41. The van der Waals surface area contributed by atoms with Crippen LogP contribution in [0.4, 0.5) is 13.2 Å². The Labute approximate surface area is 101 Å². The summed E-state index contributed by atoms with van der Waals surface area (Å²) in [5.74, 6) is -5.14. The molecule has 6 heteroatoms. The highest BCUT2D eigenvalue weighted by molar-refractivity contribution is 5.70. The van der Waals surface area contributed by atoms with Crippen molar-refractivity contribution in [1.82, 2.24) is 0 Å². The fourth-order valence-corrected chi connectivity index (χ4v) is 2.21. The fraction of sp³-hybridized carbons (Fsp3) is 0.417. The number of ether oxygens (including phenoxy) is 1. The van der Waals surface area contributed by atoms with Gasteiger partial charge in [-0.25, -0.2) is 13.2 Å². The Morgan fingerprint density at radius 2 is 2.00 bits per heavy atom. The first-order valence-corrected chi connectivity index (χ1v) is 5.35. The lowest BCUT2D eigenvalue weighted by Crippen LogP contribution is -2.17. The van der Waals surface area contributed by atoms with E-state index in [1.54, 1.807) is 0 Å². The molecule has 98 valence electrons. The number of aliphatic carboxylic acids is 1. The Morgan fingerprint density at radius 3 is 2.44 bits per heavy atom. The third-order valence-electron chi connectivity index (χ3n) is 3.20. The number of carboxylic acids is 1. The molecule has 0 radical (unpaired) electrons. The first kappa shape index (κ1) is 12.7. The molecule has 0 heterocycles. The van der Waals surface area contributed by atoms with E-state index in [1.165, 1.54) is 0 Å². The van der Waals surface area contributed by atoms with Crippen LogP contribution in [0.5, 0.6) is 5.75 Å². The van der Waals surface area contributed by atoms with Gasteiger partial charge in [0.1, 0.15) is 0 Å². The largest absolute Gasteiger partial charge is 0.493 e. The van der Waals surface area contributed by atoms with Crippen LogP contribution in [0, 0.1) is 17.5 Å². The number of hydrogen-bond donors (Lipinski definition) is 1. The monoisotopic (exact) mass is 260 g/mol. The minimum absolute atomic E-state index is 0.301. The van der Waals surface area contributed by atoms with Crippen molar-refractivity contribution in [3.8, 4) is 5.75 Å². The van der Waals surface area contributed by atoms with Gasteiger partial charge in [0.2, 0.25) is 0 Å². The number of carboxylic acid groups (broad SMARTS) is 1. The zero-order chi connectivity index (χ0) is 13.5. The van der Waals surface area contributed by atoms with Crippen LogP contribution in [0.3, 0.4) is 0 Å². The van der Waals surface area contributed by atoms with Crippen molar-refractivity contribution in [2.45, 2.75) is 24.7 Å². The summed E-state index contributed by atoms with van der Waals surface area (Å²) in [6, 6.07) is 0.397. The van der Waals surface area contributed by atoms with Gasteiger partial charge in [-0.05, 0) is 12.8 Å². The highest BCUT2D eigenvalue weighted by Crippen LogP contribution is 2.55. The van der Waals surface area contributed by atoms with Crippen LogP contribution >= 0.6 is 0 Å². The maximum atomic E-state index is 13.8. The number of rotatable bonds is 4. The van der Waals surface area contributed by atoms with Gasteiger partial charge in [-0.3, -0.25) is 4.79 Å². The molecule has 1 fully saturated rings. The number of carbonyl (C=O) groups is 1. The Kier molecular flexibility index (Phi) is 2.96. The van der Waals surface area contributed by atoms with E-state index >= 15 is 0 Å². The van der Waals surface area contributed by atoms with Gasteiger partial charge in [0.25, 0.3) is 0 Å². The van der Waals surface area contributed by atoms with Crippen LogP contribution in [0.1, 0.15) is 24.8 Å². The average molecular weight is 260 g/mol. The predicted octanol–water partition coefficient (Wildman–Crippen LogP) is 2.62. The summed E-state index contributed by atoms with van der Waals surface area (Å²) in [7, 11) is 1.14. The quantitative estimate of drug-likeness (QED) is 0.846. The third kappa shape index (κ3) is 1.91. The molecule has 0 bridgehead atoms. The molecule has 0 atom stereocenters. The minimum Gasteiger partial charge on any atom is -0.493 e. The van der Waals surface area contributed by atoms with E-state index in [-0.39, 0.29) is 12.0 Å². The minimum atomic E-state index is -1.33. The zero-order valence-electron chi connectivity index (χ0n) is 9.60. The second-order valence-electron chi connectivity index (χ2n) is 4.41.